The molecule has 31 nitrogen and oxygen atoms in total. The van der Waals surface area contributed by atoms with Crippen molar-refractivity contribution in [2.45, 2.75) is 238 Å². The summed E-state index contributed by atoms with van der Waals surface area (Å²) in [6.07, 6.45) is 6.40. The number of carbonyl (C=O) groups excluding carboxylic acids is 7. The number of aliphatic hydroxyl groups excluding tert-OH is 1. The van der Waals surface area contributed by atoms with Crippen LogP contribution in [0, 0.1) is 16.2 Å². The Labute approximate surface area is 622 Å². The molecule has 5 aromatic rings. The lowest BCUT2D eigenvalue weighted by Gasteiger charge is -2.32. The highest BCUT2D eigenvalue weighted by molar-refractivity contribution is 5.88. The van der Waals surface area contributed by atoms with Gasteiger partial charge in [-0.3, -0.25) is 24.3 Å². The molecule has 2 saturated carbocycles. The fourth-order valence-corrected chi connectivity index (χ4v) is 9.05. The van der Waals surface area contributed by atoms with Gasteiger partial charge in [0.25, 0.3) is 5.56 Å². The van der Waals surface area contributed by atoms with Gasteiger partial charge < -0.3 is 68.6 Å². The van der Waals surface area contributed by atoms with Crippen LogP contribution in [0.25, 0.3) is 0 Å². The number of esters is 4. The van der Waals surface area contributed by atoms with Crippen molar-refractivity contribution in [3.8, 4) is 11.8 Å². The van der Waals surface area contributed by atoms with Crippen LogP contribution >= 0.6 is 0 Å². The Morgan fingerprint density at radius 1 is 0.575 bits per heavy atom. The fourth-order valence-electron chi connectivity index (χ4n) is 9.05. The van der Waals surface area contributed by atoms with E-state index in [1.54, 1.807) is 55.4 Å². The minimum absolute atomic E-state index is 0.0150. The maximum atomic E-state index is 12.8. The zero-order valence-electron chi connectivity index (χ0n) is 65.0. The van der Waals surface area contributed by atoms with Crippen LogP contribution in [0.1, 0.15) is 212 Å². The number of aromatic nitrogens is 6. The van der Waals surface area contributed by atoms with Crippen molar-refractivity contribution in [1.82, 2.24) is 34.7 Å². The number of H-pyrrole nitrogens is 1. The van der Waals surface area contributed by atoms with E-state index >= 15 is 0 Å². The molecule has 3 aromatic heterocycles. The van der Waals surface area contributed by atoms with E-state index in [1.165, 1.54) is 39.9 Å². The topological polar surface area (TPSA) is 406 Å². The lowest BCUT2D eigenvalue weighted by atomic mass is 9.92. The number of carboxylic acids is 1. The molecule has 2 aromatic carbocycles. The van der Waals surface area contributed by atoms with Gasteiger partial charge in [0.1, 0.15) is 25.3 Å². The number of hydrogen-bond acceptors (Lipinski definition) is 23. The summed E-state index contributed by atoms with van der Waals surface area (Å²) in [7, 11) is 0. The number of aromatic carboxylic acids is 1. The monoisotopic (exact) mass is 1490 g/mol. The second-order valence-corrected chi connectivity index (χ2v) is 28.6. The van der Waals surface area contributed by atoms with Gasteiger partial charge in [-0.05, 0) is 108 Å². The molecule has 2 aliphatic rings. The Morgan fingerprint density at radius 3 is 1.45 bits per heavy atom. The number of rotatable bonds is 26. The highest BCUT2D eigenvalue weighted by Gasteiger charge is 2.29. The van der Waals surface area contributed by atoms with Gasteiger partial charge in [-0.25, -0.2) is 38.0 Å². The summed E-state index contributed by atoms with van der Waals surface area (Å²) in [6.45, 7) is 34.2. The Hall–Kier alpha value is -9.33. The lowest BCUT2D eigenvalue weighted by Crippen LogP contribution is -2.47. The van der Waals surface area contributed by atoms with Crippen LogP contribution in [0.4, 0.5) is 9.59 Å². The Bertz CT molecular complexity index is 3490. The molecule has 3 amide bonds. The molecule has 106 heavy (non-hydrogen) atoms. The highest BCUT2D eigenvalue weighted by atomic mass is 16.6. The predicted molar refractivity (Wildman–Crippen MR) is 393 cm³/mol. The van der Waals surface area contributed by atoms with Gasteiger partial charge in [-0.2, -0.15) is 10.2 Å². The summed E-state index contributed by atoms with van der Waals surface area (Å²) in [5, 5.41) is 37.4. The number of ether oxygens (including phenoxy) is 10. The smallest absolute Gasteiger partial charge is 0.452 e. The summed E-state index contributed by atoms with van der Waals surface area (Å²) in [6, 6.07) is 24.3. The van der Waals surface area contributed by atoms with Crippen LogP contribution in [0.5, 0.6) is 11.8 Å². The minimum Gasteiger partial charge on any atom is -0.477 e. The number of aromatic amines is 1. The number of nitrogens with two attached hydrogens (primary N) is 1. The molecule has 0 spiro atoms. The van der Waals surface area contributed by atoms with Gasteiger partial charge in [-0.15, -0.1) is 0 Å². The summed E-state index contributed by atoms with van der Waals surface area (Å²) in [5.74, 6) is -2.97. The van der Waals surface area contributed by atoms with E-state index in [-0.39, 0.29) is 134 Å². The molecule has 3 heterocycles. The number of carbonyl (C=O) groups is 8. The molecule has 31 heteroatoms. The molecule has 4 atom stereocenters. The maximum Gasteiger partial charge on any atom is 0.452 e. The van der Waals surface area contributed by atoms with Gasteiger partial charge in [0, 0.05) is 30.8 Å². The third-order valence-corrected chi connectivity index (χ3v) is 14.0. The van der Waals surface area contributed by atoms with Crippen molar-refractivity contribution in [3.63, 3.8) is 0 Å². The summed E-state index contributed by atoms with van der Waals surface area (Å²) in [4.78, 5) is 103. The average molecular weight is 1490 g/mol. The van der Waals surface area contributed by atoms with Crippen molar-refractivity contribution < 1.29 is 95.9 Å². The van der Waals surface area contributed by atoms with Crippen molar-refractivity contribution in [2.24, 2.45) is 32.2 Å². The van der Waals surface area contributed by atoms with E-state index < -0.39 is 47.6 Å². The molecule has 7 rings (SSSR count). The fraction of sp³-hybridized carbons (Fsp3) is 0.613. The van der Waals surface area contributed by atoms with Crippen molar-refractivity contribution in [2.75, 3.05) is 46.2 Å². The molecule has 0 bridgehead atoms. The number of amides is 3. The summed E-state index contributed by atoms with van der Waals surface area (Å²) in [5.41, 5.74) is 7.75. The van der Waals surface area contributed by atoms with Gasteiger partial charge in [0.2, 0.25) is 17.7 Å². The molecule has 2 aliphatic carbocycles. The third kappa shape index (κ3) is 40.8. The Kier molecular flexibility index (Phi) is 42.6. The van der Waals surface area contributed by atoms with Gasteiger partial charge in [0.05, 0.1) is 83.3 Å². The SMILES string of the molecule is CC(C)(C)CO.CC(C)(C)COc1cc(C(=O)O)nn1CC(=O)N[C@H]1CCCC[C@@H]1OCc1ccccc1.CC(C)OC(=O)N=NC(=O)OC(C)C.CCOC(=O)Cn1[nH]c(C(=O)OCC)cc1=O.CCOC(=O)Cn1nc(C(=O)OCC)cc1OCC(C)(C)C.N[C@H]1CCCC[C@@H]1OCc1ccccc1. The summed E-state index contributed by atoms with van der Waals surface area (Å²) < 4.78 is 55.4. The van der Waals surface area contributed by atoms with Gasteiger partial charge in [-0.1, -0.05) is 159 Å². The molecule has 0 aliphatic heterocycles. The first-order chi connectivity index (χ1) is 49.9. The van der Waals surface area contributed by atoms with Crippen LogP contribution in [0.3, 0.4) is 0 Å². The van der Waals surface area contributed by atoms with Crippen molar-refractivity contribution in [3.05, 3.63) is 117 Å². The average Bonchev–Trinajstić information content (AvgIpc) is 1.68. The zero-order chi connectivity index (χ0) is 79.6. The summed E-state index contributed by atoms with van der Waals surface area (Å²) >= 11 is 0. The number of carboxylic acid groups (broad SMARTS) is 1. The number of azo groups is 1. The first-order valence-corrected chi connectivity index (χ1v) is 35.8. The van der Waals surface area contributed by atoms with E-state index in [1.807, 2.05) is 111 Å². The molecule has 0 saturated heterocycles. The maximum absolute atomic E-state index is 12.8. The lowest BCUT2D eigenvalue weighted by molar-refractivity contribution is -0.145. The standard InChI is InChI=1S/C24H33N3O5.C15H24N2O5.C13H19NO.C10H14N2O5.C8H14N2O4.C5H12O/c1-24(2,3)16-32-22-13-19(23(29)30)26-27(22)14-21(28)25-18-11-7-8-12-20(18)31-15-17-9-5-4-6-10-17;1-6-20-13(18)9-17-12(22-10-15(3,4)5)8-11(16-17)14(19)21-7-2;14-12-8-4-5-9-13(12)15-10-11-6-2-1-3-7-11;1-3-16-9(14)6-12-8(13)5-7(11-12)10(15)17-4-2;1-5(2)13-7(11)9-10-8(12)14-6(3)4;1-5(2,3)4-6/h4-6,9-10,13,18,20H,7-8,11-12,14-16H2,1-3H3,(H,25,28)(H,29,30);8H,6-7,9-10H2,1-5H3;1-3,6-7,12-13H,4-5,8-10,14H2;5,11H,3-4,6H2,1-2H3;5-6H,1-4H3;6H,4H2,1-3H3/t18-,20-;;12-,13-;;;/m0.0.../s1. The van der Waals surface area contributed by atoms with E-state index in [4.69, 9.17) is 44.0 Å². The minimum atomic E-state index is -1.16. The van der Waals surface area contributed by atoms with Crippen molar-refractivity contribution >= 4 is 47.9 Å². The van der Waals surface area contributed by atoms with E-state index in [0.717, 1.165) is 54.8 Å². The molecule has 592 valence electrons. The predicted octanol–water partition coefficient (Wildman–Crippen LogP) is 11.6. The Morgan fingerprint density at radius 2 is 1.00 bits per heavy atom. The number of nitrogens with zero attached hydrogens (tertiary/aromatic N) is 7. The van der Waals surface area contributed by atoms with Crippen LogP contribution < -0.4 is 26.1 Å². The second-order valence-electron chi connectivity index (χ2n) is 28.6. The zero-order valence-corrected chi connectivity index (χ0v) is 65.0. The van der Waals surface area contributed by atoms with Crippen LogP contribution in [-0.2, 0) is 85.1 Å². The third-order valence-electron chi connectivity index (χ3n) is 14.0. The largest absolute Gasteiger partial charge is 0.477 e. The first-order valence-electron chi connectivity index (χ1n) is 35.8. The number of hydrogen-bond donors (Lipinski definition) is 5. The molecule has 2 fully saturated rings. The first kappa shape index (κ1) is 92.8. The molecule has 0 unspecified atom stereocenters. The molecular formula is C75H116N10O21. The van der Waals surface area contributed by atoms with Crippen molar-refractivity contribution in [1.29, 1.82) is 0 Å². The molecule has 6 N–H and O–H groups in total. The van der Waals surface area contributed by atoms with Gasteiger partial charge in [0.15, 0.2) is 11.4 Å². The van der Waals surface area contributed by atoms with E-state index in [2.05, 4.69) is 57.2 Å². The second kappa shape index (κ2) is 48.7. The highest BCUT2D eigenvalue weighted by Crippen LogP contribution is 2.25. The number of nitrogens with one attached hydrogen (secondary N) is 2. The van der Waals surface area contributed by atoms with E-state index in [9.17, 15) is 48.3 Å². The molecular weight excluding hydrogens is 1380 g/mol. The molecule has 0 radical (unpaired) electrons. The Balaban J connectivity index is 0.000000456. The normalized spacial score (nSPS) is 15.5. The quantitative estimate of drug-likeness (QED) is 0.0195. The van der Waals surface area contributed by atoms with Crippen LogP contribution in [0.2, 0.25) is 0 Å². The number of benzene rings is 2. The van der Waals surface area contributed by atoms with Gasteiger partial charge >= 0.3 is 42.0 Å². The number of aliphatic hydroxyl groups is 1. The van der Waals surface area contributed by atoms with Crippen LogP contribution in [-0.4, -0.2) is 170 Å². The van der Waals surface area contributed by atoms with E-state index in [0.29, 0.717) is 32.3 Å². The van der Waals surface area contributed by atoms with Crippen LogP contribution in [0.15, 0.2) is 93.9 Å².